The number of hydrogen-bond acceptors (Lipinski definition) is 3. The van der Waals surface area contributed by atoms with Crippen LogP contribution in [0.1, 0.15) is 26.7 Å². The van der Waals surface area contributed by atoms with Gasteiger partial charge < -0.3 is 10.6 Å². The van der Waals surface area contributed by atoms with Crippen molar-refractivity contribution in [2.45, 2.75) is 26.7 Å². The predicted molar refractivity (Wildman–Crippen MR) is 68.7 cm³/mol. The summed E-state index contributed by atoms with van der Waals surface area (Å²) >= 11 is 0. The monoisotopic (exact) mass is 255 g/mol. The van der Waals surface area contributed by atoms with E-state index in [-0.39, 0.29) is 17.1 Å². The number of nitrogens with one attached hydrogen (secondary N) is 2. The van der Waals surface area contributed by atoms with Gasteiger partial charge in [0.2, 0.25) is 0 Å². The minimum atomic E-state index is -0.675. The average molecular weight is 255 g/mol. The van der Waals surface area contributed by atoms with Gasteiger partial charge in [-0.05, 0) is 24.2 Å². The molecule has 2 N–H and O–H groups in total. The van der Waals surface area contributed by atoms with E-state index in [9.17, 15) is 8.78 Å². The average Bonchev–Trinajstić information content (AvgIpc) is 3.09. The Hall–Kier alpha value is -1.39. The van der Waals surface area contributed by atoms with E-state index in [2.05, 4.69) is 29.5 Å². The zero-order chi connectivity index (χ0) is 13.3. The van der Waals surface area contributed by atoms with Crippen LogP contribution in [0.3, 0.4) is 0 Å². The fourth-order valence-electron chi connectivity index (χ4n) is 2.14. The van der Waals surface area contributed by atoms with E-state index in [0.717, 1.165) is 18.9 Å². The Morgan fingerprint density at radius 1 is 1.28 bits per heavy atom. The Morgan fingerprint density at radius 3 is 2.39 bits per heavy atom. The van der Waals surface area contributed by atoms with Gasteiger partial charge >= 0.3 is 0 Å². The molecule has 0 amide bonds. The number of pyridine rings is 1. The maximum atomic E-state index is 13.6. The molecule has 0 aliphatic heterocycles. The predicted octanol–water partition coefficient (Wildman–Crippen LogP) is 3.25. The molecule has 1 heterocycles. The van der Waals surface area contributed by atoms with Crippen molar-refractivity contribution in [1.29, 1.82) is 0 Å². The molecule has 1 aliphatic carbocycles. The van der Waals surface area contributed by atoms with Gasteiger partial charge in [0.25, 0.3) is 0 Å². The molecule has 18 heavy (non-hydrogen) atoms. The number of hydrogen-bond donors (Lipinski definition) is 2. The van der Waals surface area contributed by atoms with E-state index in [4.69, 9.17) is 0 Å². The van der Waals surface area contributed by atoms with Crippen LogP contribution in [0.4, 0.5) is 20.4 Å². The first kappa shape index (κ1) is 13.1. The van der Waals surface area contributed by atoms with Crippen molar-refractivity contribution >= 4 is 11.6 Å². The molecule has 0 spiro atoms. The zero-order valence-electron chi connectivity index (χ0n) is 11.0. The van der Waals surface area contributed by atoms with Crippen LogP contribution in [0.25, 0.3) is 0 Å². The highest BCUT2D eigenvalue weighted by atomic mass is 19.1. The Labute approximate surface area is 106 Å². The Bertz CT molecular complexity index is 442. The minimum absolute atomic E-state index is 0.0632. The number of aromatic nitrogens is 1. The van der Waals surface area contributed by atoms with E-state index in [1.807, 2.05) is 0 Å². The molecule has 3 nitrogen and oxygen atoms in total. The van der Waals surface area contributed by atoms with Gasteiger partial charge in [0.15, 0.2) is 23.3 Å². The maximum absolute atomic E-state index is 13.6. The van der Waals surface area contributed by atoms with Crippen LogP contribution in [-0.2, 0) is 0 Å². The van der Waals surface area contributed by atoms with Crippen molar-refractivity contribution in [1.82, 2.24) is 4.98 Å². The largest absolute Gasteiger partial charge is 0.371 e. The summed E-state index contributed by atoms with van der Waals surface area (Å²) < 4.78 is 26.8. The second kappa shape index (κ2) is 4.71. The molecule has 1 fully saturated rings. The van der Waals surface area contributed by atoms with E-state index in [0.29, 0.717) is 12.5 Å². The molecule has 100 valence electrons. The lowest BCUT2D eigenvalue weighted by Crippen LogP contribution is -2.22. The molecule has 1 aliphatic rings. The molecule has 1 aromatic rings. The SMILES string of the molecule is CNc1nc(NCC2(C(C)C)CC2)c(F)cc1F. The lowest BCUT2D eigenvalue weighted by atomic mass is 9.92. The number of halogens is 2. The topological polar surface area (TPSA) is 37.0 Å². The molecule has 1 aromatic heterocycles. The molecule has 5 heteroatoms. The van der Waals surface area contributed by atoms with Gasteiger partial charge in [-0.3, -0.25) is 0 Å². The van der Waals surface area contributed by atoms with Crippen molar-refractivity contribution in [3.63, 3.8) is 0 Å². The third-order valence-electron chi connectivity index (χ3n) is 3.89. The second-order valence-corrected chi connectivity index (χ2v) is 5.27. The Morgan fingerprint density at radius 2 is 1.89 bits per heavy atom. The van der Waals surface area contributed by atoms with Crippen LogP contribution in [0.5, 0.6) is 0 Å². The molecule has 1 saturated carbocycles. The smallest absolute Gasteiger partial charge is 0.168 e. The first-order valence-electron chi connectivity index (χ1n) is 6.26. The van der Waals surface area contributed by atoms with Crippen LogP contribution < -0.4 is 10.6 Å². The third kappa shape index (κ3) is 2.40. The fraction of sp³-hybridized carbons (Fsp3) is 0.615. The molecule has 0 unspecified atom stereocenters. The van der Waals surface area contributed by atoms with Crippen molar-refractivity contribution < 1.29 is 8.78 Å². The van der Waals surface area contributed by atoms with Gasteiger partial charge in [0.05, 0.1) is 0 Å². The van der Waals surface area contributed by atoms with Crippen LogP contribution >= 0.6 is 0 Å². The van der Waals surface area contributed by atoms with Gasteiger partial charge in [-0.25, -0.2) is 13.8 Å². The Balaban J connectivity index is 2.10. The highest BCUT2D eigenvalue weighted by Crippen LogP contribution is 2.51. The highest BCUT2D eigenvalue weighted by molar-refractivity contribution is 5.47. The summed E-state index contributed by atoms with van der Waals surface area (Å²) in [7, 11) is 1.56. The third-order valence-corrected chi connectivity index (χ3v) is 3.89. The number of anilines is 2. The van der Waals surface area contributed by atoms with Crippen molar-refractivity contribution in [3.05, 3.63) is 17.7 Å². The number of nitrogens with zero attached hydrogens (tertiary/aromatic N) is 1. The summed E-state index contributed by atoms with van der Waals surface area (Å²) in [6.07, 6.45) is 2.30. The molecular weight excluding hydrogens is 236 g/mol. The molecule has 0 saturated heterocycles. The van der Waals surface area contributed by atoms with Crippen LogP contribution in [0.2, 0.25) is 0 Å². The summed E-state index contributed by atoms with van der Waals surface area (Å²) in [5, 5.41) is 5.61. The first-order valence-corrected chi connectivity index (χ1v) is 6.26. The molecule has 2 rings (SSSR count). The maximum Gasteiger partial charge on any atom is 0.168 e. The molecular formula is C13H19F2N3. The highest BCUT2D eigenvalue weighted by Gasteiger charge is 2.45. The zero-order valence-corrected chi connectivity index (χ0v) is 11.0. The summed E-state index contributed by atoms with van der Waals surface area (Å²) in [6.45, 7) is 5.02. The van der Waals surface area contributed by atoms with Crippen molar-refractivity contribution in [2.24, 2.45) is 11.3 Å². The van der Waals surface area contributed by atoms with Crippen LogP contribution in [0.15, 0.2) is 6.07 Å². The molecule has 0 aromatic carbocycles. The quantitative estimate of drug-likeness (QED) is 0.848. The van der Waals surface area contributed by atoms with Crippen molar-refractivity contribution in [3.8, 4) is 0 Å². The summed E-state index contributed by atoms with van der Waals surface area (Å²) in [6, 6.07) is 0.857. The lowest BCUT2D eigenvalue weighted by molar-refractivity contribution is 0.379. The second-order valence-electron chi connectivity index (χ2n) is 5.27. The summed E-state index contributed by atoms with van der Waals surface area (Å²) in [4.78, 5) is 3.91. The van der Waals surface area contributed by atoms with Crippen LogP contribution in [0, 0.1) is 23.0 Å². The van der Waals surface area contributed by atoms with Crippen molar-refractivity contribution in [2.75, 3.05) is 24.2 Å². The first-order chi connectivity index (χ1) is 8.48. The summed E-state index contributed by atoms with van der Waals surface area (Å²) in [5.41, 5.74) is 0.252. The van der Waals surface area contributed by atoms with Gasteiger partial charge in [0, 0.05) is 19.7 Å². The molecule has 0 atom stereocenters. The fourth-order valence-corrected chi connectivity index (χ4v) is 2.14. The normalized spacial score (nSPS) is 16.8. The summed E-state index contributed by atoms with van der Waals surface area (Å²) in [5.74, 6) is -0.588. The van der Waals surface area contributed by atoms with E-state index in [1.54, 1.807) is 7.05 Å². The van der Waals surface area contributed by atoms with Crippen LogP contribution in [-0.4, -0.2) is 18.6 Å². The van der Waals surface area contributed by atoms with Gasteiger partial charge in [0.1, 0.15) is 0 Å². The minimum Gasteiger partial charge on any atom is -0.371 e. The van der Waals surface area contributed by atoms with E-state index in [1.165, 1.54) is 0 Å². The van der Waals surface area contributed by atoms with E-state index >= 15 is 0 Å². The van der Waals surface area contributed by atoms with Gasteiger partial charge in [-0.15, -0.1) is 0 Å². The lowest BCUT2D eigenvalue weighted by Gasteiger charge is -2.20. The van der Waals surface area contributed by atoms with Gasteiger partial charge in [-0.2, -0.15) is 0 Å². The van der Waals surface area contributed by atoms with Gasteiger partial charge in [-0.1, -0.05) is 13.8 Å². The number of rotatable bonds is 5. The molecule has 0 bridgehead atoms. The molecule has 0 radical (unpaired) electrons. The Kier molecular flexibility index (Phi) is 3.41. The van der Waals surface area contributed by atoms with E-state index < -0.39 is 11.6 Å². The standard InChI is InChI=1S/C13H19F2N3/c1-8(2)13(4-5-13)7-17-12-10(15)6-9(14)11(16-3)18-12/h6,8H,4-5,7H2,1-3H3,(H2,16,17,18).